The van der Waals surface area contributed by atoms with Crippen LogP contribution in [0, 0.1) is 0 Å². The van der Waals surface area contributed by atoms with E-state index in [4.69, 9.17) is 4.74 Å². The van der Waals surface area contributed by atoms with E-state index in [2.05, 4.69) is 10.6 Å². The van der Waals surface area contributed by atoms with Crippen LogP contribution in [0.2, 0.25) is 0 Å². The van der Waals surface area contributed by atoms with Gasteiger partial charge >= 0.3 is 6.09 Å². The van der Waals surface area contributed by atoms with Gasteiger partial charge < -0.3 is 20.3 Å². The summed E-state index contributed by atoms with van der Waals surface area (Å²) < 4.78 is 5.19. The zero-order chi connectivity index (χ0) is 14.5. The van der Waals surface area contributed by atoms with Gasteiger partial charge in [0.15, 0.2) is 0 Å². The molecule has 2 N–H and O–H groups in total. The molecule has 1 aliphatic rings. The van der Waals surface area contributed by atoms with E-state index in [1.165, 1.54) is 4.90 Å². The predicted octanol–water partition coefficient (Wildman–Crippen LogP) is 0.722. The number of carbonyl (C=O) groups is 2. The molecule has 19 heavy (non-hydrogen) atoms. The molecule has 1 heterocycles. The molecule has 0 bridgehead atoms. The Hall–Kier alpha value is -1.30. The molecule has 110 valence electrons. The highest BCUT2D eigenvalue weighted by Gasteiger charge is 2.22. The minimum absolute atomic E-state index is 0.0266. The summed E-state index contributed by atoms with van der Waals surface area (Å²) in [6.45, 7) is 7.27. The maximum Gasteiger partial charge on any atom is 0.410 e. The summed E-state index contributed by atoms with van der Waals surface area (Å²) in [7, 11) is 1.57. The van der Waals surface area contributed by atoms with Gasteiger partial charge in [-0.05, 0) is 46.7 Å². The smallest absolute Gasteiger partial charge is 0.410 e. The van der Waals surface area contributed by atoms with Crippen LogP contribution in [-0.4, -0.2) is 55.2 Å². The first-order valence-corrected chi connectivity index (χ1v) is 6.72. The summed E-state index contributed by atoms with van der Waals surface area (Å²) in [6, 6.07) is 0.209. The number of nitrogens with zero attached hydrogens (tertiary/aromatic N) is 1. The molecule has 0 radical (unpaired) electrons. The Balaban J connectivity index is 2.32. The fraction of sp³-hybridized carbons (Fsp3) is 0.846. The van der Waals surface area contributed by atoms with Gasteiger partial charge in [-0.1, -0.05) is 0 Å². The van der Waals surface area contributed by atoms with Crippen LogP contribution in [0.3, 0.4) is 0 Å². The quantitative estimate of drug-likeness (QED) is 0.793. The highest BCUT2D eigenvalue weighted by Crippen LogP contribution is 2.09. The van der Waals surface area contributed by atoms with Crippen molar-refractivity contribution in [2.75, 3.05) is 26.7 Å². The molecular formula is C13H25N3O3. The first-order chi connectivity index (χ1) is 8.78. The van der Waals surface area contributed by atoms with Crippen molar-refractivity contribution >= 4 is 12.0 Å². The largest absolute Gasteiger partial charge is 0.444 e. The molecule has 6 nitrogen and oxygen atoms in total. The molecule has 6 heteroatoms. The normalized spacial score (nSPS) is 16.8. The van der Waals surface area contributed by atoms with E-state index in [-0.39, 0.29) is 18.5 Å². The lowest BCUT2D eigenvalue weighted by atomic mass is 10.1. The molecule has 0 aliphatic carbocycles. The molecule has 1 fully saturated rings. The standard InChI is InChI=1S/C13H25N3O3/c1-13(2,3)19-12(18)16(4)9-11(17)15-10-5-7-14-8-6-10/h10,14H,5-9H2,1-4H3,(H,15,17). The molecule has 0 aromatic heterocycles. The highest BCUT2D eigenvalue weighted by atomic mass is 16.6. The summed E-state index contributed by atoms with van der Waals surface area (Å²) in [6.07, 6.45) is 1.39. The molecule has 0 unspecified atom stereocenters. The van der Waals surface area contributed by atoms with Gasteiger partial charge in [-0.15, -0.1) is 0 Å². The topological polar surface area (TPSA) is 70.7 Å². The zero-order valence-electron chi connectivity index (χ0n) is 12.3. The summed E-state index contributed by atoms with van der Waals surface area (Å²) in [4.78, 5) is 24.8. The van der Waals surface area contributed by atoms with Crippen LogP contribution in [0.25, 0.3) is 0 Å². The van der Waals surface area contributed by atoms with Crippen molar-refractivity contribution in [2.45, 2.75) is 45.3 Å². The highest BCUT2D eigenvalue weighted by molar-refractivity contribution is 5.82. The fourth-order valence-corrected chi connectivity index (χ4v) is 1.86. The van der Waals surface area contributed by atoms with Crippen LogP contribution in [0.5, 0.6) is 0 Å². The van der Waals surface area contributed by atoms with Gasteiger partial charge in [0.05, 0.1) is 0 Å². The molecule has 0 aromatic carbocycles. The number of hydrogen-bond acceptors (Lipinski definition) is 4. The summed E-state index contributed by atoms with van der Waals surface area (Å²) >= 11 is 0. The number of amides is 2. The Morgan fingerprint density at radius 1 is 1.32 bits per heavy atom. The average Bonchev–Trinajstić information content (AvgIpc) is 2.27. The first kappa shape index (κ1) is 15.8. The van der Waals surface area contributed by atoms with E-state index >= 15 is 0 Å². The second kappa shape index (κ2) is 6.75. The predicted molar refractivity (Wildman–Crippen MR) is 72.9 cm³/mol. The second-order valence-corrected chi connectivity index (χ2v) is 5.93. The number of hydrogen-bond donors (Lipinski definition) is 2. The van der Waals surface area contributed by atoms with Gasteiger partial charge in [0, 0.05) is 13.1 Å². The molecule has 1 rings (SSSR count). The fourth-order valence-electron chi connectivity index (χ4n) is 1.86. The molecule has 1 saturated heterocycles. The molecule has 0 aromatic rings. The van der Waals surface area contributed by atoms with Crippen LogP contribution in [-0.2, 0) is 9.53 Å². The summed E-state index contributed by atoms with van der Waals surface area (Å²) in [5.41, 5.74) is -0.545. The van der Waals surface area contributed by atoms with Crippen LogP contribution in [0.15, 0.2) is 0 Å². The Morgan fingerprint density at radius 2 is 1.89 bits per heavy atom. The van der Waals surface area contributed by atoms with Gasteiger partial charge in [0.1, 0.15) is 12.1 Å². The minimum Gasteiger partial charge on any atom is -0.444 e. The van der Waals surface area contributed by atoms with Crippen LogP contribution in [0.4, 0.5) is 4.79 Å². The van der Waals surface area contributed by atoms with Crippen molar-refractivity contribution in [1.82, 2.24) is 15.5 Å². The van der Waals surface area contributed by atoms with Crippen molar-refractivity contribution in [3.63, 3.8) is 0 Å². The van der Waals surface area contributed by atoms with E-state index in [0.29, 0.717) is 0 Å². The summed E-state index contributed by atoms with van der Waals surface area (Å²) in [5, 5.41) is 6.18. The first-order valence-electron chi connectivity index (χ1n) is 6.72. The van der Waals surface area contributed by atoms with Crippen LogP contribution in [0.1, 0.15) is 33.6 Å². The van der Waals surface area contributed by atoms with E-state index in [0.717, 1.165) is 25.9 Å². The molecule has 0 spiro atoms. The van der Waals surface area contributed by atoms with E-state index < -0.39 is 11.7 Å². The van der Waals surface area contributed by atoms with Gasteiger partial charge in [-0.25, -0.2) is 4.79 Å². The van der Waals surface area contributed by atoms with Crippen LogP contribution < -0.4 is 10.6 Å². The lowest BCUT2D eigenvalue weighted by molar-refractivity contribution is -0.122. The lowest BCUT2D eigenvalue weighted by Crippen LogP contribution is -2.47. The number of carbonyl (C=O) groups excluding carboxylic acids is 2. The lowest BCUT2D eigenvalue weighted by Gasteiger charge is -2.26. The van der Waals surface area contributed by atoms with Gasteiger partial charge in [-0.2, -0.15) is 0 Å². The zero-order valence-corrected chi connectivity index (χ0v) is 12.3. The number of ether oxygens (including phenoxy) is 1. The van der Waals surface area contributed by atoms with Crippen molar-refractivity contribution in [1.29, 1.82) is 0 Å². The molecular weight excluding hydrogens is 246 g/mol. The van der Waals surface area contributed by atoms with Crippen molar-refractivity contribution in [3.8, 4) is 0 Å². The van der Waals surface area contributed by atoms with E-state index in [9.17, 15) is 9.59 Å². The van der Waals surface area contributed by atoms with Gasteiger partial charge in [-0.3, -0.25) is 4.79 Å². The Kier molecular flexibility index (Phi) is 5.60. The maximum atomic E-state index is 11.8. The average molecular weight is 271 g/mol. The number of likely N-dealkylation sites (N-methyl/N-ethyl adjacent to an activating group) is 1. The van der Waals surface area contributed by atoms with Crippen molar-refractivity contribution in [3.05, 3.63) is 0 Å². The Bertz CT molecular complexity index is 320. The van der Waals surface area contributed by atoms with Crippen molar-refractivity contribution < 1.29 is 14.3 Å². The minimum atomic E-state index is -0.545. The molecule has 0 atom stereocenters. The molecule has 2 amide bonds. The van der Waals surface area contributed by atoms with Gasteiger partial charge in [0.25, 0.3) is 0 Å². The SMILES string of the molecule is CN(CC(=O)NC1CCNCC1)C(=O)OC(C)(C)C. The van der Waals surface area contributed by atoms with Crippen LogP contribution >= 0.6 is 0 Å². The van der Waals surface area contributed by atoms with Gasteiger partial charge in [0.2, 0.25) is 5.91 Å². The number of rotatable bonds is 3. The monoisotopic (exact) mass is 271 g/mol. The number of piperidine rings is 1. The van der Waals surface area contributed by atoms with E-state index in [1.54, 1.807) is 27.8 Å². The third-order valence-electron chi connectivity index (χ3n) is 2.79. The molecule has 1 aliphatic heterocycles. The maximum absolute atomic E-state index is 11.8. The Morgan fingerprint density at radius 3 is 2.42 bits per heavy atom. The second-order valence-electron chi connectivity index (χ2n) is 5.93. The van der Waals surface area contributed by atoms with Crippen molar-refractivity contribution in [2.24, 2.45) is 0 Å². The number of nitrogens with one attached hydrogen (secondary N) is 2. The third-order valence-corrected chi connectivity index (χ3v) is 2.79. The third kappa shape index (κ3) is 6.42. The Labute approximate surface area is 114 Å². The van der Waals surface area contributed by atoms with E-state index in [1.807, 2.05) is 0 Å². The summed E-state index contributed by atoms with van der Waals surface area (Å²) in [5.74, 6) is -0.139. The molecule has 0 saturated carbocycles.